The molecule has 1 heterocycles. The Kier molecular flexibility index (Phi) is 4.63. The quantitative estimate of drug-likeness (QED) is 0.712. The largest absolute Gasteiger partial charge is 0.387 e. The van der Waals surface area contributed by atoms with Crippen molar-refractivity contribution in [2.45, 2.75) is 17.4 Å². The molecule has 1 unspecified atom stereocenters. The van der Waals surface area contributed by atoms with Crippen molar-refractivity contribution >= 4 is 26.5 Å². The van der Waals surface area contributed by atoms with Gasteiger partial charge in [0, 0.05) is 25.8 Å². The van der Waals surface area contributed by atoms with E-state index in [1.54, 1.807) is 18.2 Å². The van der Waals surface area contributed by atoms with Gasteiger partial charge in [0.05, 0.1) is 11.0 Å². The lowest BCUT2D eigenvalue weighted by molar-refractivity contribution is 0.182. The van der Waals surface area contributed by atoms with Gasteiger partial charge in [0.2, 0.25) is 10.0 Å². The van der Waals surface area contributed by atoms with Crippen molar-refractivity contribution in [3.05, 3.63) is 71.8 Å². The molecule has 0 fully saturated rings. The Morgan fingerprint density at radius 2 is 1.85 bits per heavy atom. The Labute approximate surface area is 159 Å². The number of nitrogens with one attached hydrogen (secondary N) is 1. The lowest BCUT2D eigenvalue weighted by Gasteiger charge is -2.16. The monoisotopic (exact) mass is 382 g/mol. The molecule has 3 aromatic carbocycles. The van der Waals surface area contributed by atoms with Crippen LogP contribution in [0.25, 0.3) is 10.8 Å². The summed E-state index contributed by atoms with van der Waals surface area (Å²) in [5.41, 5.74) is 3.08. The van der Waals surface area contributed by atoms with E-state index >= 15 is 0 Å². The maximum atomic E-state index is 12.6. The average Bonchev–Trinajstić information content (AvgIpc) is 3.06. The second kappa shape index (κ2) is 6.96. The molecule has 3 aromatic rings. The Morgan fingerprint density at radius 1 is 1.07 bits per heavy atom. The third-order valence-electron chi connectivity index (χ3n) is 5.11. The molecule has 1 aliphatic rings. The predicted octanol–water partition coefficient (Wildman–Crippen LogP) is 2.84. The Balaban J connectivity index is 1.49. The van der Waals surface area contributed by atoms with E-state index in [1.807, 2.05) is 49.5 Å². The van der Waals surface area contributed by atoms with Crippen molar-refractivity contribution in [3.63, 3.8) is 0 Å². The van der Waals surface area contributed by atoms with Gasteiger partial charge in [-0.3, -0.25) is 0 Å². The van der Waals surface area contributed by atoms with Crippen LogP contribution in [0, 0.1) is 0 Å². The van der Waals surface area contributed by atoms with E-state index in [4.69, 9.17) is 0 Å². The molecule has 0 saturated carbocycles. The van der Waals surface area contributed by atoms with Crippen LogP contribution in [0.15, 0.2) is 65.6 Å². The first-order valence-corrected chi connectivity index (χ1v) is 10.4. The van der Waals surface area contributed by atoms with Crippen LogP contribution in [-0.4, -0.2) is 33.7 Å². The summed E-state index contributed by atoms with van der Waals surface area (Å²) in [5.74, 6) is 0. The zero-order valence-corrected chi connectivity index (χ0v) is 15.9. The van der Waals surface area contributed by atoms with E-state index in [2.05, 4.69) is 9.62 Å². The van der Waals surface area contributed by atoms with Gasteiger partial charge in [0.1, 0.15) is 0 Å². The number of sulfonamides is 1. The molecule has 0 saturated heterocycles. The number of likely N-dealkylation sites (N-methyl/N-ethyl adjacent to an activating group) is 1. The van der Waals surface area contributed by atoms with Gasteiger partial charge in [-0.2, -0.15) is 0 Å². The van der Waals surface area contributed by atoms with E-state index in [0.717, 1.165) is 29.3 Å². The number of fused-ring (bicyclic) bond motifs is 2. The lowest BCUT2D eigenvalue weighted by atomic mass is 10.0. The van der Waals surface area contributed by atoms with Gasteiger partial charge in [-0.15, -0.1) is 0 Å². The summed E-state index contributed by atoms with van der Waals surface area (Å²) < 4.78 is 27.8. The van der Waals surface area contributed by atoms with Crippen molar-refractivity contribution in [2.24, 2.45) is 0 Å². The first-order valence-electron chi connectivity index (χ1n) is 8.94. The second-order valence-electron chi connectivity index (χ2n) is 6.94. The zero-order valence-electron chi connectivity index (χ0n) is 15.1. The smallest absolute Gasteiger partial charge is 0.240 e. The molecule has 4 rings (SSSR count). The summed E-state index contributed by atoms with van der Waals surface area (Å²) in [6, 6.07) is 18.4. The van der Waals surface area contributed by atoms with Crippen LogP contribution in [0.1, 0.15) is 17.2 Å². The highest BCUT2D eigenvalue weighted by Gasteiger charge is 2.20. The number of anilines is 1. The zero-order chi connectivity index (χ0) is 19.0. The SMILES string of the molecule is CN1CCc2cc(C(O)CNS(=O)(=O)c3ccc4ccccc4c3)ccc21. The van der Waals surface area contributed by atoms with Gasteiger partial charge in [0.25, 0.3) is 0 Å². The summed E-state index contributed by atoms with van der Waals surface area (Å²) in [6.07, 6.45) is 0.0475. The molecular formula is C21H22N2O3S. The highest BCUT2D eigenvalue weighted by Crippen LogP contribution is 2.29. The highest BCUT2D eigenvalue weighted by atomic mass is 32.2. The van der Waals surface area contributed by atoms with E-state index in [0.29, 0.717) is 0 Å². The van der Waals surface area contributed by atoms with Crippen molar-refractivity contribution < 1.29 is 13.5 Å². The van der Waals surface area contributed by atoms with Gasteiger partial charge in [-0.1, -0.05) is 42.5 Å². The van der Waals surface area contributed by atoms with E-state index in [9.17, 15) is 13.5 Å². The molecule has 0 aliphatic carbocycles. The molecule has 6 heteroatoms. The summed E-state index contributed by atoms with van der Waals surface area (Å²) in [7, 11) is -1.65. The maximum absolute atomic E-state index is 12.6. The van der Waals surface area contributed by atoms with Crippen LogP contribution in [-0.2, 0) is 16.4 Å². The van der Waals surface area contributed by atoms with Crippen LogP contribution < -0.4 is 9.62 Å². The molecule has 1 aliphatic heterocycles. The fraction of sp³-hybridized carbons (Fsp3) is 0.238. The second-order valence-corrected chi connectivity index (χ2v) is 8.70. The molecule has 0 amide bonds. The molecule has 27 heavy (non-hydrogen) atoms. The fourth-order valence-electron chi connectivity index (χ4n) is 3.52. The fourth-order valence-corrected chi connectivity index (χ4v) is 4.59. The van der Waals surface area contributed by atoms with Crippen molar-refractivity contribution in [1.82, 2.24) is 4.72 Å². The van der Waals surface area contributed by atoms with Crippen molar-refractivity contribution in [2.75, 3.05) is 25.0 Å². The third-order valence-corrected chi connectivity index (χ3v) is 6.54. The molecule has 1 atom stereocenters. The predicted molar refractivity (Wildman–Crippen MR) is 108 cm³/mol. The summed E-state index contributed by atoms with van der Waals surface area (Å²) in [5, 5.41) is 12.3. The Hall–Kier alpha value is -2.41. The molecule has 140 valence electrons. The summed E-state index contributed by atoms with van der Waals surface area (Å²) in [6.45, 7) is 0.896. The van der Waals surface area contributed by atoms with Gasteiger partial charge in [-0.05, 0) is 46.5 Å². The normalized spacial score (nSPS) is 15.1. The Morgan fingerprint density at radius 3 is 2.67 bits per heavy atom. The van der Waals surface area contributed by atoms with Gasteiger partial charge in [0.15, 0.2) is 0 Å². The van der Waals surface area contributed by atoms with Crippen LogP contribution in [0.2, 0.25) is 0 Å². The number of rotatable bonds is 5. The van der Waals surface area contributed by atoms with E-state index < -0.39 is 16.1 Å². The summed E-state index contributed by atoms with van der Waals surface area (Å²) in [4.78, 5) is 2.37. The minimum absolute atomic E-state index is 0.0657. The minimum atomic E-state index is -3.69. The highest BCUT2D eigenvalue weighted by molar-refractivity contribution is 7.89. The maximum Gasteiger partial charge on any atom is 0.240 e. The number of hydrogen-bond donors (Lipinski definition) is 2. The van der Waals surface area contributed by atoms with E-state index in [-0.39, 0.29) is 11.4 Å². The number of hydrogen-bond acceptors (Lipinski definition) is 4. The van der Waals surface area contributed by atoms with Crippen molar-refractivity contribution in [1.29, 1.82) is 0 Å². The Bertz CT molecular complexity index is 1100. The van der Waals surface area contributed by atoms with Crippen LogP contribution in [0.3, 0.4) is 0 Å². The number of benzene rings is 3. The summed E-state index contributed by atoms with van der Waals surface area (Å²) >= 11 is 0. The molecular weight excluding hydrogens is 360 g/mol. The van der Waals surface area contributed by atoms with Crippen LogP contribution in [0.5, 0.6) is 0 Å². The number of aliphatic hydroxyl groups is 1. The van der Waals surface area contributed by atoms with E-state index in [1.165, 1.54) is 11.3 Å². The molecule has 0 aromatic heterocycles. The molecule has 5 nitrogen and oxygen atoms in total. The number of aliphatic hydroxyl groups excluding tert-OH is 1. The first-order chi connectivity index (χ1) is 12.9. The van der Waals surface area contributed by atoms with Crippen LogP contribution >= 0.6 is 0 Å². The first kappa shape index (κ1) is 18.0. The van der Waals surface area contributed by atoms with Gasteiger partial charge < -0.3 is 10.0 Å². The van der Waals surface area contributed by atoms with Crippen LogP contribution in [0.4, 0.5) is 5.69 Å². The molecule has 0 radical (unpaired) electrons. The average molecular weight is 382 g/mol. The minimum Gasteiger partial charge on any atom is -0.387 e. The third kappa shape index (κ3) is 3.56. The number of nitrogens with zero attached hydrogens (tertiary/aromatic N) is 1. The molecule has 0 bridgehead atoms. The van der Waals surface area contributed by atoms with Crippen molar-refractivity contribution in [3.8, 4) is 0 Å². The standard InChI is InChI=1S/C21H22N2O3S/c1-23-11-10-17-12-18(7-9-20(17)23)21(24)14-22-27(25,26)19-8-6-15-4-2-3-5-16(15)13-19/h2-9,12-13,21-22,24H,10-11,14H2,1H3. The molecule has 2 N–H and O–H groups in total. The molecule has 0 spiro atoms. The van der Waals surface area contributed by atoms with Gasteiger partial charge >= 0.3 is 0 Å². The van der Waals surface area contributed by atoms with Gasteiger partial charge in [-0.25, -0.2) is 13.1 Å². The topological polar surface area (TPSA) is 69.6 Å². The lowest BCUT2D eigenvalue weighted by Crippen LogP contribution is -2.28.